The minimum atomic E-state index is -3.85. The van der Waals surface area contributed by atoms with Gasteiger partial charge in [0.2, 0.25) is 10.0 Å². The summed E-state index contributed by atoms with van der Waals surface area (Å²) >= 11 is 7.15. The summed E-state index contributed by atoms with van der Waals surface area (Å²) in [5.41, 5.74) is 0. The van der Waals surface area contributed by atoms with Gasteiger partial charge in [-0.25, -0.2) is 8.42 Å². The quantitative estimate of drug-likeness (QED) is 0.884. The zero-order valence-electron chi connectivity index (χ0n) is 11.4. The molecule has 0 aliphatic carbocycles. The van der Waals surface area contributed by atoms with Gasteiger partial charge in [-0.1, -0.05) is 24.9 Å². The zero-order chi connectivity index (χ0) is 15.6. The monoisotopic (exact) mass is 349 g/mol. The maximum absolute atomic E-state index is 12.8. The Bertz CT molecular complexity index is 618. The molecular weight excluding hydrogens is 334 g/mol. The molecule has 21 heavy (non-hydrogen) atoms. The lowest BCUT2D eigenvalue weighted by Crippen LogP contribution is -2.45. The molecule has 0 bridgehead atoms. The smallest absolute Gasteiger partial charge is 0.322 e. The number of hydrogen-bond acceptors (Lipinski definition) is 4. The summed E-state index contributed by atoms with van der Waals surface area (Å²) in [7, 11) is -3.85. The van der Waals surface area contributed by atoms with E-state index in [-0.39, 0.29) is 16.0 Å². The molecule has 0 amide bonds. The van der Waals surface area contributed by atoms with E-state index in [0.717, 1.165) is 10.7 Å². The second-order valence-corrected chi connectivity index (χ2v) is 8.21. The number of halogens is 1. The van der Waals surface area contributed by atoms with Crippen LogP contribution in [-0.2, 0) is 14.8 Å². The van der Waals surface area contributed by atoms with Crippen LogP contribution in [0, 0.1) is 0 Å². The van der Waals surface area contributed by atoms with Gasteiger partial charge in [0.25, 0.3) is 0 Å². The number of benzene rings is 1. The molecule has 0 saturated carbocycles. The summed E-state index contributed by atoms with van der Waals surface area (Å²) < 4.78 is 26.6. The van der Waals surface area contributed by atoms with Crippen molar-refractivity contribution in [2.24, 2.45) is 0 Å². The van der Waals surface area contributed by atoms with Gasteiger partial charge in [0.05, 0.1) is 10.3 Å². The standard InChI is InChI=1S/C13H16ClNO4S2/c1-2-3-12-15(11(8-20-12)13(16)17)21(18,19)10-6-4-9(14)5-7-10/h4-7,11-12H,2-3,8H2,1H3,(H,16,17). The lowest BCUT2D eigenvalue weighted by Gasteiger charge is -2.26. The van der Waals surface area contributed by atoms with Gasteiger partial charge in [-0.15, -0.1) is 11.8 Å². The molecule has 0 radical (unpaired) electrons. The summed E-state index contributed by atoms with van der Waals surface area (Å²) in [6.07, 6.45) is 1.41. The largest absolute Gasteiger partial charge is 0.480 e. The first-order chi connectivity index (χ1) is 9.87. The normalized spacial score (nSPS) is 23.3. The molecule has 1 saturated heterocycles. The van der Waals surface area contributed by atoms with E-state index in [4.69, 9.17) is 11.6 Å². The number of nitrogens with zero attached hydrogens (tertiary/aromatic N) is 1. The molecule has 1 heterocycles. The van der Waals surface area contributed by atoms with Crippen molar-refractivity contribution in [1.29, 1.82) is 0 Å². The molecule has 1 fully saturated rings. The van der Waals surface area contributed by atoms with Gasteiger partial charge in [0, 0.05) is 10.8 Å². The minimum absolute atomic E-state index is 0.0711. The third-order valence-corrected chi connectivity index (χ3v) is 6.92. The first-order valence-electron chi connectivity index (χ1n) is 6.51. The minimum Gasteiger partial charge on any atom is -0.480 e. The number of thioether (sulfide) groups is 1. The van der Waals surface area contributed by atoms with E-state index < -0.39 is 22.0 Å². The predicted molar refractivity (Wildman–Crippen MR) is 83.1 cm³/mol. The Kier molecular flexibility index (Phi) is 5.19. The van der Waals surface area contributed by atoms with E-state index in [2.05, 4.69) is 0 Å². The second-order valence-electron chi connectivity index (χ2n) is 4.72. The molecule has 2 rings (SSSR count). The summed E-state index contributed by atoms with van der Waals surface area (Å²) in [4.78, 5) is 11.4. The molecule has 1 aromatic rings. The van der Waals surface area contributed by atoms with E-state index in [1.165, 1.54) is 36.0 Å². The van der Waals surface area contributed by atoms with Gasteiger partial charge in [-0.05, 0) is 30.7 Å². The van der Waals surface area contributed by atoms with Crippen LogP contribution in [-0.4, -0.2) is 41.0 Å². The Labute approximate surface area is 133 Å². The van der Waals surface area contributed by atoms with Gasteiger partial charge < -0.3 is 5.11 Å². The molecular formula is C13H16ClNO4S2. The van der Waals surface area contributed by atoms with Crippen molar-refractivity contribution >= 4 is 39.4 Å². The Morgan fingerprint density at radius 3 is 2.57 bits per heavy atom. The first kappa shape index (κ1) is 16.6. The van der Waals surface area contributed by atoms with Crippen molar-refractivity contribution in [3.8, 4) is 0 Å². The average molecular weight is 350 g/mol. The summed E-state index contributed by atoms with van der Waals surface area (Å²) in [6, 6.07) is 4.77. The fourth-order valence-corrected chi connectivity index (χ4v) is 6.02. The van der Waals surface area contributed by atoms with Crippen LogP contribution in [0.4, 0.5) is 0 Å². The van der Waals surface area contributed by atoms with Gasteiger partial charge in [-0.3, -0.25) is 4.79 Å². The number of sulfonamides is 1. The molecule has 0 spiro atoms. The molecule has 8 heteroatoms. The number of hydrogen-bond donors (Lipinski definition) is 1. The predicted octanol–water partition coefficient (Wildman–Crippen LogP) is 2.66. The number of carboxylic acids is 1. The Morgan fingerprint density at radius 1 is 1.43 bits per heavy atom. The van der Waals surface area contributed by atoms with Gasteiger partial charge in [0.1, 0.15) is 6.04 Å². The highest BCUT2D eigenvalue weighted by molar-refractivity contribution is 8.01. The molecule has 1 aliphatic rings. The molecule has 1 aromatic carbocycles. The molecule has 5 nitrogen and oxygen atoms in total. The van der Waals surface area contributed by atoms with Crippen LogP contribution in [0.2, 0.25) is 5.02 Å². The summed E-state index contributed by atoms with van der Waals surface area (Å²) in [6.45, 7) is 1.95. The highest BCUT2D eigenvalue weighted by Gasteiger charge is 2.45. The van der Waals surface area contributed by atoms with E-state index >= 15 is 0 Å². The number of carboxylic acid groups (broad SMARTS) is 1. The van der Waals surface area contributed by atoms with Crippen molar-refractivity contribution in [2.45, 2.75) is 36.1 Å². The second kappa shape index (κ2) is 6.56. The fourth-order valence-electron chi connectivity index (χ4n) is 2.24. The highest BCUT2D eigenvalue weighted by atomic mass is 35.5. The van der Waals surface area contributed by atoms with Gasteiger partial charge in [0.15, 0.2) is 0 Å². The van der Waals surface area contributed by atoms with Crippen LogP contribution in [0.3, 0.4) is 0 Å². The topological polar surface area (TPSA) is 74.7 Å². The molecule has 116 valence electrons. The van der Waals surface area contributed by atoms with Crippen LogP contribution in [0.15, 0.2) is 29.2 Å². The third-order valence-electron chi connectivity index (χ3n) is 3.25. The van der Waals surface area contributed by atoms with Crippen LogP contribution in [0.5, 0.6) is 0 Å². The van der Waals surface area contributed by atoms with Crippen molar-refractivity contribution in [3.05, 3.63) is 29.3 Å². The van der Waals surface area contributed by atoms with Crippen molar-refractivity contribution in [2.75, 3.05) is 5.75 Å². The van der Waals surface area contributed by atoms with E-state index in [0.29, 0.717) is 11.4 Å². The number of rotatable bonds is 5. The Hall–Kier alpha value is -0.760. The van der Waals surface area contributed by atoms with Crippen LogP contribution in [0.1, 0.15) is 19.8 Å². The van der Waals surface area contributed by atoms with Crippen LogP contribution in [0.25, 0.3) is 0 Å². The van der Waals surface area contributed by atoms with E-state index in [9.17, 15) is 18.3 Å². The van der Waals surface area contributed by atoms with Crippen molar-refractivity contribution in [1.82, 2.24) is 4.31 Å². The summed E-state index contributed by atoms with van der Waals surface area (Å²) in [5.74, 6) is -0.842. The van der Waals surface area contributed by atoms with Gasteiger partial charge in [-0.2, -0.15) is 4.31 Å². The third kappa shape index (κ3) is 3.36. The van der Waals surface area contributed by atoms with Crippen molar-refractivity contribution < 1.29 is 18.3 Å². The molecule has 1 aliphatic heterocycles. The Morgan fingerprint density at radius 2 is 2.05 bits per heavy atom. The van der Waals surface area contributed by atoms with E-state index in [1.54, 1.807) is 0 Å². The SMILES string of the molecule is CCCC1SCC(C(=O)O)N1S(=O)(=O)c1ccc(Cl)cc1. The molecule has 0 aromatic heterocycles. The number of carbonyl (C=O) groups is 1. The Balaban J connectivity index is 2.42. The maximum atomic E-state index is 12.8. The highest BCUT2D eigenvalue weighted by Crippen LogP contribution is 2.37. The van der Waals surface area contributed by atoms with E-state index in [1.807, 2.05) is 6.92 Å². The maximum Gasteiger partial charge on any atom is 0.322 e. The fraction of sp³-hybridized carbons (Fsp3) is 0.462. The van der Waals surface area contributed by atoms with Crippen LogP contribution < -0.4 is 0 Å². The zero-order valence-corrected chi connectivity index (χ0v) is 13.8. The molecule has 2 atom stereocenters. The first-order valence-corrected chi connectivity index (χ1v) is 9.38. The molecule has 1 N–H and O–H groups in total. The summed E-state index contributed by atoms with van der Waals surface area (Å²) in [5, 5.41) is 9.38. The average Bonchev–Trinajstić information content (AvgIpc) is 2.84. The lowest BCUT2D eigenvalue weighted by molar-refractivity contribution is -0.140. The number of aliphatic carboxylic acids is 1. The van der Waals surface area contributed by atoms with Crippen molar-refractivity contribution in [3.63, 3.8) is 0 Å². The van der Waals surface area contributed by atoms with Gasteiger partial charge >= 0.3 is 5.97 Å². The van der Waals surface area contributed by atoms with Crippen LogP contribution >= 0.6 is 23.4 Å². The lowest BCUT2D eigenvalue weighted by atomic mass is 10.3. The molecule has 2 unspecified atom stereocenters.